The van der Waals surface area contributed by atoms with Crippen molar-refractivity contribution in [3.8, 4) is 12.1 Å². The largest absolute Gasteiger partial charge is 0.249 e. The van der Waals surface area contributed by atoms with Gasteiger partial charge in [0.15, 0.2) is 7.38 Å². The van der Waals surface area contributed by atoms with Crippen molar-refractivity contribution in [1.29, 1.82) is 10.5 Å². The van der Waals surface area contributed by atoms with Gasteiger partial charge in [-0.05, 0) is 37.1 Å². The van der Waals surface area contributed by atoms with E-state index in [1.165, 1.54) is 6.92 Å². The summed E-state index contributed by atoms with van der Waals surface area (Å²) in [6.45, 7) is 5.66. The molecule has 0 N–H and O–H groups in total. The monoisotopic (exact) mass is 304 g/mol. The first-order chi connectivity index (χ1) is 9.28. The molecule has 6 heteroatoms. The summed E-state index contributed by atoms with van der Waals surface area (Å²) in [4.78, 5) is 0. The third-order valence-corrected chi connectivity index (χ3v) is 4.73. The summed E-state index contributed by atoms with van der Waals surface area (Å²) in [5, 5.41) is 25.5. The summed E-state index contributed by atoms with van der Waals surface area (Å²) in [6, 6.07) is 12.3. The smallest absolute Gasteiger partial charge is 0.194 e. The zero-order valence-electron chi connectivity index (χ0n) is 11.9. The Kier molecular flexibility index (Phi) is 5.44. The van der Waals surface area contributed by atoms with Gasteiger partial charge in [0, 0.05) is 0 Å². The van der Waals surface area contributed by atoms with Crippen LogP contribution in [0.15, 0.2) is 34.5 Å². The van der Waals surface area contributed by atoms with Crippen LogP contribution in [-0.2, 0) is 6.42 Å². The minimum Gasteiger partial charge on any atom is -0.194 e. The molecule has 0 bridgehead atoms. The van der Waals surface area contributed by atoms with Crippen LogP contribution in [-0.4, -0.2) is 12.9 Å². The number of aryl methyl sites for hydroxylation is 1. The molecule has 1 rings (SSSR count). The molecule has 4 nitrogen and oxygen atoms in total. The molecule has 0 aliphatic heterocycles. The summed E-state index contributed by atoms with van der Waals surface area (Å²) in [5.41, 5.74) is 0.354. The van der Waals surface area contributed by atoms with E-state index in [-0.39, 0.29) is 0 Å². The van der Waals surface area contributed by atoms with Crippen LogP contribution < -0.4 is 0 Å². The van der Waals surface area contributed by atoms with Crippen LogP contribution in [0, 0.1) is 22.7 Å². The van der Waals surface area contributed by atoms with E-state index in [0.717, 1.165) is 18.0 Å². The normalized spacial score (nSPS) is 12.1. The Morgan fingerprint density at radius 3 is 2.50 bits per heavy atom. The van der Waals surface area contributed by atoms with Crippen LogP contribution in [0.3, 0.4) is 0 Å². The highest BCUT2D eigenvalue weighted by Gasteiger charge is 2.22. The highest BCUT2D eigenvalue weighted by molar-refractivity contribution is 7.19. The molecular formula is C14H17ClN4Si. The van der Waals surface area contributed by atoms with E-state index in [4.69, 9.17) is 21.6 Å². The van der Waals surface area contributed by atoms with E-state index < -0.39 is 12.9 Å². The molecule has 0 heterocycles. The maximum Gasteiger partial charge on any atom is 0.249 e. The first-order valence-electron chi connectivity index (χ1n) is 6.31. The molecule has 1 aromatic rings. The predicted molar refractivity (Wildman–Crippen MR) is 82.4 cm³/mol. The molecule has 104 valence electrons. The predicted octanol–water partition coefficient (Wildman–Crippen LogP) is 4.56. The Labute approximate surface area is 125 Å². The number of hydrogen-bond acceptors (Lipinski definition) is 4. The van der Waals surface area contributed by atoms with Gasteiger partial charge in [-0.15, -0.1) is 0 Å². The van der Waals surface area contributed by atoms with Crippen molar-refractivity contribution >= 4 is 24.2 Å². The second-order valence-corrected chi connectivity index (χ2v) is 12.4. The molecule has 0 fully saturated rings. The topological polar surface area (TPSA) is 72.3 Å². The Balaban J connectivity index is 2.82. The number of azo groups is 1. The molecule has 1 aromatic carbocycles. The van der Waals surface area contributed by atoms with Gasteiger partial charge in [0.05, 0.1) is 5.69 Å². The molecule has 0 amide bonds. The van der Waals surface area contributed by atoms with Gasteiger partial charge in [-0.2, -0.15) is 31.8 Å². The van der Waals surface area contributed by atoms with Crippen LogP contribution in [0.4, 0.5) is 5.69 Å². The Morgan fingerprint density at radius 1 is 1.30 bits per heavy atom. The van der Waals surface area contributed by atoms with E-state index >= 15 is 0 Å². The minimum atomic E-state index is -1.59. The average molecular weight is 305 g/mol. The van der Waals surface area contributed by atoms with Crippen LogP contribution in [0.1, 0.15) is 12.5 Å². The zero-order chi connectivity index (χ0) is 15.2. The molecule has 0 aliphatic carbocycles. The van der Waals surface area contributed by atoms with Crippen molar-refractivity contribution in [2.24, 2.45) is 10.2 Å². The zero-order valence-corrected chi connectivity index (χ0v) is 13.6. The van der Waals surface area contributed by atoms with Crippen LogP contribution in [0.25, 0.3) is 0 Å². The number of nitriles is 2. The number of nitrogens with zero attached hydrogens (tertiary/aromatic N) is 4. The number of halogens is 1. The van der Waals surface area contributed by atoms with Crippen LogP contribution in [0.2, 0.25) is 19.1 Å². The average Bonchev–Trinajstić information content (AvgIpc) is 2.42. The highest BCUT2D eigenvalue weighted by atomic mass is 35.6. The van der Waals surface area contributed by atoms with Gasteiger partial charge in [0.25, 0.3) is 0 Å². The summed E-state index contributed by atoms with van der Waals surface area (Å²) in [7, 11) is -1.59. The molecular weight excluding hydrogens is 288 g/mol. The number of rotatable bonds is 5. The van der Waals surface area contributed by atoms with E-state index in [2.05, 4.69) is 23.3 Å². The molecule has 0 radical (unpaired) electrons. The fourth-order valence-corrected chi connectivity index (χ4v) is 2.61. The van der Waals surface area contributed by atoms with Crippen molar-refractivity contribution in [3.05, 3.63) is 29.8 Å². The van der Waals surface area contributed by atoms with Gasteiger partial charge in [-0.25, -0.2) is 0 Å². The Morgan fingerprint density at radius 2 is 1.95 bits per heavy atom. The van der Waals surface area contributed by atoms with Gasteiger partial charge in [0.2, 0.25) is 5.54 Å². The summed E-state index contributed by atoms with van der Waals surface area (Å²) >= 11 is 6.31. The van der Waals surface area contributed by atoms with Gasteiger partial charge in [0.1, 0.15) is 12.1 Å². The quantitative estimate of drug-likeness (QED) is 0.454. The van der Waals surface area contributed by atoms with Gasteiger partial charge >= 0.3 is 0 Å². The maximum absolute atomic E-state index is 8.86. The van der Waals surface area contributed by atoms with Gasteiger partial charge < -0.3 is 0 Å². The summed E-state index contributed by atoms with van der Waals surface area (Å²) < 4.78 is 0. The molecule has 0 aromatic heterocycles. The molecule has 0 atom stereocenters. The minimum absolute atomic E-state index is 0.647. The number of benzene rings is 1. The fourth-order valence-electron chi connectivity index (χ4n) is 1.44. The first-order valence-corrected chi connectivity index (χ1v) is 10.5. The van der Waals surface area contributed by atoms with Crippen LogP contribution in [0.5, 0.6) is 0 Å². The van der Waals surface area contributed by atoms with Crippen molar-refractivity contribution < 1.29 is 0 Å². The fraction of sp³-hybridized carbons (Fsp3) is 0.429. The third-order valence-electron chi connectivity index (χ3n) is 2.72. The molecule has 0 saturated carbocycles. The lowest BCUT2D eigenvalue weighted by Crippen LogP contribution is -2.16. The lowest BCUT2D eigenvalue weighted by Gasteiger charge is -2.12. The van der Waals surface area contributed by atoms with E-state index in [1.54, 1.807) is 6.07 Å². The molecule has 0 spiro atoms. The summed E-state index contributed by atoms with van der Waals surface area (Å²) in [5.74, 6) is 0. The second kappa shape index (κ2) is 6.65. The highest BCUT2D eigenvalue weighted by Crippen LogP contribution is 2.22. The van der Waals surface area contributed by atoms with E-state index in [0.29, 0.717) is 5.69 Å². The van der Waals surface area contributed by atoms with Gasteiger partial charge in [-0.1, -0.05) is 25.2 Å². The Hall–Kier alpha value is -1.69. The van der Waals surface area contributed by atoms with E-state index in [1.807, 2.05) is 30.3 Å². The lowest BCUT2D eigenvalue weighted by molar-refractivity contribution is 0.720. The summed E-state index contributed by atoms with van der Waals surface area (Å²) in [6.07, 6.45) is 0.903. The molecule has 20 heavy (non-hydrogen) atoms. The maximum atomic E-state index is 8.86. The standard InChI is InChI=1S/C14H17ClN4Si/c1-14(10-16,11-17)19-18-13-6-4-5-12(9-13)7-8-20(2,3)15/h4-6,9H,7-8H2,1-3H3. The number of hydrogen-bond donors (Lipinski definition) is 0. The third kappa shape index (κ3) is 5.52. The lowest BCUT2D eigenvalue weighted by atomic mass is 10.1. The SMILES string of the molecule is CC(C#N)(C#N)N=Nc1cccc(CC[Si](C)(C)Cl)c1. The van der Waals surface area contributed by atoms with Crippen molar-refractivity contribution in [3.63, 3.8) is 0 Å². The Bertz CT molecular complexity index is 564. The van der Waals surface area contributed by atoms with E-state index in [9.17, 15) is 0 Å². The van der Waals surface area contributed by atoms with Crippen molar-refractivity contribution in [2.75, 3.05) is 0 Å². The van der Waals surface area contributed by atoms with Crippen molar-refractivity contribution in [1.82, 2.24) is 0 Å². The molecule has 0 unspecified atom stereocenters. The molecule has 0 aliphatic rings. The van der Waals surface area contributed by atoms with Crippen LogP contribution >= 0.6 is 11.1 Å². The second-order valence-electron chi connectivity index (χ2n) is 5.38. The first kappa shape index (κ1) is 16.4. The van der Waals surface area contributed by atoms with Crippen molar-refractivity contribution in [2.45, 2.75) is 38.0 Å². The van der Waals surface area contributed by atoms with Gasteiger partial charge in [-0.3, -0.25) is 0 Å². The molecule has 0 saturated heterocycles.